The lowest BCUT2D eigenvalue weighted by molar-refractivity contribution is -0.385. The number of anilines is 1. The van der Waals surface area contributed by atoms with Gasteiger partial charge in [-0.25, -0.2) is 4.68 Å². The van der Waals surface area contributed by atoms with Gasteiger partial charge in [0.25, 0.3) is 11.6 Å². The molecule has 8 nitrogen and oxygen atoms in total. The van der Waals surface area contributed by atoms with Gasteiger partial charge in [0.05, 0.1) is 27.8 Å². The number of hydrogen-bond donors (Lipinski definition) is 1. The Bertz CT molecular complexity index is 1120. The quantitative estimate of drug-likeness (QED) is 0.539. The second-order valence-corrected chi connectivity index (χ2v) is 7.87. The maximum Gasteiger partial charge on any atom is 0.273 e. The molecule has 3 aromatic rings. The van der Waals surface area contributed by atoms with E-state index in [1.807, 2.05) is 30.3 Å². The zero-order valence-electron chi connectivity index (χ0n) is 14.9. The molecule has 0 bridgehead atoms. The topological polar surface area (TPSA) is 107 Å². The van der Waals surface area contributed by atoms with Crippen LogP contribution in [0.1, 0.15) is 27.2 Å². The van der Waals surface area contributed by atoms with Gasteiger partial charge in [-0.05, 0) is 25.1 Å². The van der Waals surface area contributed by atoms with Gasteiger partial charge in [-0.3, -0.25) is 19.1 Å². The zero-order chi connectivity index (χ0) is 19.8. The van der Waals surface area contributed by atoms with Gasteiger partial charge >= 0.3 is 0 Å². The van der Waals surface area contributed by atoms with Gasteiger partial charge in [-0.15, -0.1) is 0 Å². The lowest BCUT2D eigenvalue weighted by atomic mass is 10.1. The Morgan fingerprint density at radius 1 is 1.18 bits per heavy atom. The molecule has 1 amide bonds. The highest BCUT2D eigenvalue weighted by Gasteiger charge is 2.29. The zero-order valence-corrected chi connectivity index (χ0v) is 15.7. The number of nitrogens with one attached hydrogen (secondary N) is 1. The molecule has 0 aliphatic carbocycles. The molecule has 2 aromatic carbocycles. The third kappa shape index (κ3) is 3.09. The van der Waals surface area contributed by atoms with Gasteiger partial charge < -0.3 is 5.32 Å². The first-order valence-electron chi connectivity index (χ1n) is 8.52. The third-order valence-corrected chi connectivity index (χ3v) is 5.86. The number of benzene rings is 2. The fourth-order valence-electron chi connectivity index (χ4n) is 3.25. The molecule has 1 atom stereocenters. The maximum absolute atomic E-state index is 12.9. The highest BCUT2D eigenvalue weighted by Crippen LogP contribution is 2.32. The summed E-state index contributed by atoms with van der Waals surface area (Å²) in [6.45, 7) is 1.54. The van der Waals surface area contributed by atoms with Crippen LogP contribution in [0.25, 0.3) is 5.69 Å². The first-order valence-corrected chi connectivity index (χ1v) is 10.0. The fraction of sp³-hybridized carbons (Fsp3) is 0.158. The molecule has 28 heavy (non-hydrogen) atoms. The van der Waals surface area contributed by atoms with Crippen LogP contribution in [0.2, 0.25) is 0 Å². The van der Waals surface area contributed by atoms with Crippen LogP contribution in [0.5, 0.6) is 0 Å². The van der Waals surface area contributed by atoms with Crippen molar-refractivity contribution in [3.05, 3.63) is 81.0 Å². The number of carbonyl (C=O) groups excluding carboxylic acids is 1. The first-order chi connectivity index (χ1) is 13.5. The number of amides is 1. The predicted molar refractivity (Wildman–Crippen MR) is 105 cm³/mol. The Morgan fingerprint density at radius 2 is 1.93 bits per heavy atom. The van der Waals surface area contributed by atoms with Gasteiger partial charge in [0, 0.05) is 33.6 Å². The molecule has 1 aromatic heterocycles. The van der Waals surface area contributed by atoms with Crippen LogP contribution in [0.3, 0.4) is 0 Å². The minimum absolute atomic E-state index is 0.115. The van der Waals surface area contributed by atoms with E-state index in [0.29, 0.717) is 23.0 Å². The van der Waals surface area contributed by atoms with E-state index in [-0.39, 0.29) is 16.8 Å². The van der Waals surface area contributed by atoms with Crippen LogP contribution in [-0.2, 0) is 22.3 Å². The van der Waals surface area contributed by atoms with Crippen LogP contribution < -0.4 is 5.32 Å². The molecule has 1 N–H and O–H groups in total. The van der Waals surface area contributed by atoms with Crippen molar-refractivity contribution in [3.63, 3.8) is 0 Å². The van der Waals surface area contributed by atoms with Crippen molar-refractivity contribution < 1.29 is 13.9 Å². The van der Waals surface area contributed by atoms with Gasteiger partial charge in [0.1, 0.15) is 5.82 Å². The summed E-state index contributed by atoms with van der Waals surface area (Å²) in [7, 11) is -1.05. The molecule has 0 saturated carbocycles. The number of carbonyl (C=O) groups is 1. The van der Waals surface area contributed by atoms with Crippen molar-refractivity contribution in [1.82, 2.24) is 9.78 Å². The summed E-state index contributed by atoms with van der Waals surface area (Å²) in [5.74, 6) is 0.626. The molecule has 1 aliphatic rings. The van der Waals surface area contributed by atoms with E-state index in [0.717, 1.165) is 11.3 Å². The van der Waals surface area contributed by atoms with E-state index in [1.165, 1.54) is 12.1 Å². The van der Waals surface area contributed by atoms with E-state index in [9.17, 15) is 19.1 Å². The lowest BCUT2D eigenvalue weighted by Gasteiger charge is -2.12. The van der Waals surface area contributed by atoms with Gasteiger partial charge in [0.2, 0.25) is 0 Å². The van der Waals surface area contributed by atoms with E-state index < -0.39 is 21.6 Å². The minimum atomic E-state index is -1.05. The standard InChI is InChI=1S/C19H16N4O4S/c1-12-14(8-5-9-17(12)23(25)26)19(24)20-18-15-10-28(27)11-16(15)21-22(18)13-6-3-2-4-7-13/h2-9H,10-11H2,1H3,(H,20,24)/t28-/m0/s1. The molecule has 0 unspecified atom stereocenters. The van der Waals surface area contributed by atoms with Crippen molar-refractivity contribution in [2.24, 2.45) is 0 Å². The number of para-hydroxylation sites is 1. The molecule has 142 valence electrons. The number of rotatable bonds is 4. The van der Waals surface area contributed by atoms with Crippen LogP contribution in [0, 0.1) is 17.0 Å². The first kappa shape index (κ1) is 18.1. The van der Waals surface area contributed by atoms with Crippen molar-refractivity contribution >= 4 is 28.2 Å². The van der Waals surface area contributed by atoms with Gasteiger partial charge in [0.15, 0.2) is 0 Å². The summed E-state index contributed by atoms with van der Waals surface area (Å²) in [6, 6.07) is 13.7. The summed E-state index contributed by atoms with van der Waals surface area (Å²) in [5.41, 5.74) is 2.56. The Kier molecular flexibility index (Phi) is 4.52. The van der Waals surface area contributed by atoms with Crippen LogP contribution >= 0.6 is 0 Å². The summed E-state index contributed by atoms with van der Waals surface area (Å²) in [5, 5.41) is 18.5. The largest absolute Gasteiger partial charge is 0.306 e. The van der Waals surface area contributed by atoms with Crippen molar-refractivity contribution in [1.29, 1.82) is 0 Å². The van der Waals surface area contributed by atoms with E-state index in [2.05, 4.69) is 10.4 Å². The normalized spacial score (nSPS) is 15.2. The molecular formula is C19H16N4O4S. The Balaban J connectivity index is 1.76. The predicted octanol–water partition coefficient (Wildman–Crippen LogP) is 3.10. The molecule has 4 rings (SSSR count). The average Bonchev–Trinajstić information content (AvgIpc) is 3.19. The summed E-state index contributed by atoms with van der Waals surface area (Å²) in [4.78, 5) is 23.6. The molecule has 0 spiro atoms. The smallest absolute Gasteiger partial charge is 0.273 e. The lowest BCUT2D eigenvalue weighted by Crippen LogP contribution is -2.18. The second-order valence-electron chi connectivity index (χ2n) is 6.41. The Hall–Kier alpha value is -3.33. The minimum Gasteiger partial charge on any atom is -0.306 e. The average molecular weight is 396 g/mol. The van der Waals surface area contributed by atoms with Crippen molar-refractivity contribution in [3.8, 4) is 5.69 Å². The van der Waals surface area contributed by atoms with Gasteiger partial charge in [-0.1, -0.05) is 24.3 Å². The number of nitrogens with zero attached hydrogens (tertiary/aromatic N) is 3. The van der Waals surface area contributed by atoms with Crippen LogP contribution in [0.4, 0.5) is 11.5 Å². The molecule has 0 fully saturated rings. The molecule has 1 aliphatic heterocycles. The van der Waals surface area contributed by atoms with Crippen LogP contribution in [-0.4, -0.2) is 24.8 Å². The monoisotopic (exact) mass is 396 g/mol. The van der Waals surface area contributed by atoms with E-state index in [4.69, 9.17) is 0 Å². The fourth-order valence-corrected chi connectivity index (χ4v) is 4.52. The SMILES string of the molecule is Cc1c(C(=O)Nc2c3c(nn2-c2ccccc2)C[S@@](=O)C3)cccc1[N+](=O)[O-]. The van der Waals surface area contributed by atoms with Crippen LogP contribution in [0.15, 0.2) is 48.5 Å². The number of aromatic nitrogens is 2. The summed E-state index contributed by atoms with van der Waals surface area (Å²) in [6.07, 6.45) is 0. The van der Waals surface area contributed by atoms with Crippen molar-refractivity contribution in [2.45, 2.75) is 18.4 Å². The third-order valence-electron chi connectivity index (χ3n) is 4.65. The maximum atomic E-state index is 12.9. The number of hydrogen-bond acceptors (Lipinski definition) is 5. The van der Waals surface area contributed by atoms with E-state index in [1.54, 1.807) is 17.7 Å². The van der Waals surface area contributed by atoms with E-state index >= 15 is 0 Å². The number of fused-ring (bicyclic) bond motifs is 1. The number of nitro benzene ring substituents is 1. The number of nitro groups is 1. The highest BCUT2D eigenvalue weighted by atomic mass is 32.2. The Morgan fingerprint density at radius 3 is 2.64 bits per heavy atom. The molecule has 0 radical (unpaired) electrons. The molecular weight excluding hydrogens is 380 g/mol. The summed E-state index contributed by atoms with van der Waals surface area (Å²) < 4.78 is 13.6. The second kappa shape index (κ2) is 7.01. The molecule has 9 heteroatoms. The highest BCUT2D eigenvalue weighted by molar-refractivity contribution is 7.83. The summed E-state index contributed by atoms with van der Waals surface area (Å²) >= 11 is 0. The molecule has 2 heterocycles. The Labute approximate surface area is 162 Å². The molecule has 0 saturated heterocycles. The van der Waals surface area contributed by atoms with Gasteiger partial charge in [-0.2, -0.15) is 5.10 Å². The van der Waals surface area contributed by atoms with Crippen molar-refractivity contribution in [2.75, 3.05) is 5.32 Å².